The number of rotatable bonds is 5. The standard InChI is InChI=1S/C15H21NO5/c1-14(2,3)21-13(19)15(16,9-12(17)18)10-6-5-7-11(8-10)20-4/h5-8H,9,16H2,1-4H3,(H,17,18)/t15-/m1/s1. The van der Waals surface area contributed by atoms with Crippen LogP contribution in [-0.2, 0) is 19.9 Å². The molecule has 0 aliphatic heterocycles. The van der Waals surface area contributed by atoms with Crippen molar-refractivity contribution in [2.75, 3.05) is 7.11 Å². The summed E-state index contributed by atoms with van der Waals surface area (Å²) < 4.78 is 10.3. The third-order valence-electron chi connectivity index (χ3n) is 2.78. The van der Waals surface area contributed by atoms with Crippen molar-refractivity contribution in [2.45, 2.75) is 38.3 Å². The Balaban J connectivity index is 3.25. The van der Waals surface area contributed by atoms with Gasteiger partial charge in [-0.05, 0) is 38.5 Å². The van der Waals surface area contributed by atoms with E-state index in [4.69, 9.17) is 20.3 Å². The molecule has 0 aliphatic rings. The number of ether oxygens (including phenoxy) is 2. The van der Waals surface area contributed by atoms with Crippen molar-refractivity contribution in [1.29, 1.82) is 0 Å². The molecule has 0 bridgehead atoms. The SMILES string of the molecule is COc1cccc([C@](N)(CC(=O)O)C(=O)OC(C)(C)C)c1. The Kier molecular flexibility index (Phi) is 4.96. The number of nitrogens with two attached hydrogens (primary N) is 1. The van der Waals surface area contributed by atoms with Gasteiger partial charge in [0.1, 0.15) is 11.4 Å². The highest BCUT2D eigenvalue weighted by atomic mass is 16.6. The molecule has 1 aromatic rings. The lowest BCUT2D eigenvalue weighted by Gasteiger charge is -2.30. The first kappa shape index (κ1) is 17.0. The third-order valence-corrected chi connectivity index (χ3v) is 2.78. The zero-order valence-electron chi connectivity index (χ0n) is 12.7. The lowest BCUT2D eigenvalue weighted by atomic mass is 9.87. The molecule has 0 amide bonds. The van der Waals surface area contributed by atoms with Crippen LogP contribution in [0.15, 0.2) is 24.3 Å². The Morgan fingerprint density at radius 2 is 1.90 bits per heavy atom. The highest BCUT2D eigenvalue weighted by Crippen LogP contribution is 2.29. The van der Waals surface area contributed by atoms with E-state index in [0.29, 0.717) is 11.3 Å². The maximum Gasteiger partial charge on any atom is 0.331 e. The van der Waals surface area contributed by atoms with Gasteiger partial charge in [0.2, 0.25) is 0 Å². The molecule has 0 heterocycles. The Morgan fingerprint density at radius 3 is 2.38 bits per heavy atom. The van der Waals surface area contributed by atoms with Crippen LogP contribution < -0.4 is 10.5 Å². The Morgan fingerprint density at radius 1 is 1.29 bits per heavy atom. The topological polar surface area (TPSA) is 98.9 Å². The molecule has 3 N–H and O–H groups in total. The molecular weight excluding hydrogens is 274 g/mol. The van der Waals surface area contributed by atoms with Crippen LogP contribution in [-0.4, -0.2) is 29.8 Å². The van der Waals surface area contributed by atoms with E-state index in [1.807, 2.05) is 0 Å². The molecule has 0 aliphatic carbocycles. The molecule has 116 valence electrons. The van der Waals surface area contributed by atoms with Gasteiger partial charge < -0.3 is 20.3 Å². The summed E-state index contributed by atoms with van der Waals surface area (Å²) in [5, 5.41) is 9.07. The minimum Gasteiger partial charge on any atom is -0.497 e. The van der Waals surface area contributed by atoms with Crippen molar-refractivity contribution in [3.63, 3.8) is 0 Å². The van der Waals surface area contributed by atoms with Gasteiger partial charge in [0.15, 0.2) is 5.54 Å². The van der Waals surface area contributed by atoms with Gasteiger partial charge in [0, 0.05) is 0 Å². The van der Waals surface area contributed by atoms with Crippen molar-refractivity contribution >= 4 is 11.9 Å². The summed E-state index contributed by atoms with van der Waals surface area (Å²) in [7, 11) is 1.47. The normalized spacial score (nSPS) is 14.1. The average molecular weight is 295 g/mol. The monoisotopic (exact) mass is 295 g/mol. The largest absolute Gasteiger partial charge is 0.497 e. The summed E-state index contributed by atoms with van der Waals surface area (Å²) in [6.07, 6.45) is -0.574. The van der Waals surface area contributed by atoms with E-state index in [-0.39, 0.29) is 0 Å². The maximum atomic E-state index is 12.4. The summed E-state index contributed by atoms with van der Waals surface area (Å²) in [6, 6.07) is 6.43. The van der Waals surface area contributed by atoms with Crippen LogP contribution in [0, 0.1) is 0 Å². The van der Waals surface area contributed by atoms with Gasteiger partial charge in [-0.1, -0.05) is 12.1 Å². The van der Waals surface area contributed by atoms with E-state index in [1.54, 1.807) is 39.0 Å². The molecule has 0 radical (unpaired) electrons. The molecule has 1 atom stereocenters. The van der Waals surface area contributed by atoms with Gasteiger partial charge in [0.05, 0.1) is 13.5 Å². The van der Waals surface area contributed by atoms with Crippen LogP contribution in [0.5, 0.6) is 5.75 Å². The number of carbonyl (C=O) groups is 2. The Bertz CT molecular complexity index is 535. The summed E-state index contributed by atoms with van der Waals surface area (Å²) >= 11 is 0. The van der Waals surface area contributed by atoms with Crippen LogP contribution in [0.1, 0.15) is 32.8 Å². The highest BCUT2D eigenvalue weighted by molar-refractivity contribution is 5.88. The zero-order chi connectivity index (χ0) is 16.3. The Hall–Kier alpha value is -2.08. The first-order valence-corrected chi connectivity index (χ1v) is 6.47. The van der Waals surface area contributed by atoms with Crippen LogP contribution in [0.4, 0.5) is 0 Å². The molecule has 6 nitrogen and oxygen atoms in total. The van der Waals surface area contributed by atoms with Gasteiger partial charge in [-0.15, -0.1) is 0 Å². The fourth-order valence-corrected chi connectivity index (χ4v) is 1.80. The fraction of sp³-hybridized carbons (Fsp3) is 0.467. The van der Waals surface area contributed by atoms with Crippen molar-refractivity contribution in [1.82, 2.24) is 0 Å². The molecule has 0 aromatic heterocycles. The summed E-state index contributed by atoms with van der Waals surface area (Å²) in [5.41, 5.74) is 3.88. The lowest BCUT2D eigenvalue weighted by molar-refractivity contribution is -0.165. The Labute approximate surface area is 123 Å². The molecule has 1 rings (SSSR count). The van der Waals surface area contributed by atoms with Crippen LogP contribution in [0.3, 0.4) is 0 Å². The minimum atomic E-state index is -1.77. The van der Waals surface area contributed by atoms with Gasteiger partial charge in [-0.3, -0.25) is 4.79 Å². The number of benzene rings is 1. The highest BCUT2D eigenvalue weighted by Gasteiger charge is 2.42. The van der Waals surface area contributed by atoms with Crippen molar-refractivity contribution < 1.29 is 24.2 Å². The molecule has 0 saturated heterocycles. The van der Waals surface area contributed by atoms with E-state index in [2.05, 4.69) is 0 Å². The first-order valence-electron chi connectivity index (χ1n) is 6.47. The van der Waals surface area contributed by atoms with Crippen LogP contribution in [0.2, 0.25) is 0 Å². The molecular formula is C15H21NO5. The van der Waals surface area contributed by atoms with Gasteiger partial charge in [0.25, 0.3) is 0 Å². The van der Waals surface area contributed by atoms with Gasteiger partial charge in [-0.25, -0.2) is 4.79 Å². The zero-order valence-corrected chi connectivity index (χ0v) is 12.7. The number of carboxylic acids is 1. The van der Waals surface area contributed by atoms with Gasteiger partial charge >= 0.3 is 11.9 Å². The summed E-state index contributed by atoms with van der Waals surface area (Å²) in [5.74, 6) is -1.49. The first-order chi connectivity index (χ1) is 9.58. The molecule has 1 aromatic carbocycles. The molecule has 6 heteroatoms. The number of esters is 1. The number of aliphatic carboxylic acids is 1. The summed E-state index contributed by atoms with van der Waals surface area (Å²) in [4.78, 5) is 23.5. The molecule has 0 unspecified atom stereocenters. The van der Waals surface area contributed by atoms with E-state index in [9.17, 15) is 9.59 Å². The second-order valence-electron chi connectivity index (χ2n) is 5.78. The van der Waals surface area contributed by atoms with Crippen LogP contribution in [0.25, 0.3) is 0 Å². The van der Waals surface area contributed by atoms with E-state index < -0.39 is 29.5 Å². The smallest absolute Gasteiger partial charge is 0.331 e. The van der Waals surface area contributed by atoms with Crippen molar-refractivity contribution in [3.8, 4) is 5.75 Å². The minimum absolute atomic E-state index is 0.332. The number of hydrogen-bond acceptors (Lipinski definition) is 5. The predicted octanol–water partition coefficient (Wildman–Crippen LogP) is 1.67. The second kappa shape index (κ2) is 6.13. The quantitative estimate of drug-likeness (QED) is 0.802. The van der Waals surface area contributed by atoms with E-state index in [1.165, 1.54) is 13.2 Å². The van der Waals surface area contributed by atoms with Crippen LogP contribution >= 0.6 is 0 Å². The van der Waals surface area contributed by atoms with Gasteiger partial charge in [-0.2, -0.15) is 0 Å². The maximum absolute atomic E-state index is 12.4. The second-order valence-corrected chi connectivity index (χ2v) is 5.78. The number of carbonyl (C=O) groups excluding carboxylic acids is 1. The summed E-state index contributed by atoms with van der Waals surface area (Å²) in [6.45, 7) is 5.08. The molecule has 21 heavy (non-hydrogen) atoms. The van der Waals surface area contributed by atoms with Crippen molar-refractivity contribution in [3.05, 3.63) is 29.8 Å². The molecule has 0 fully saturated rings. The molecule has 0 spiro atoms. The number of carboxylic acid groups (broad SMARTS) is 1. The predicted molar refractivity (Wildman–Crippen MR) is 77.0 cm³/mol. The number of methoxy groups -OCH3 is 1. The van der Waals surface area contributed by atoms with E-state index >= 15 is 0 Å². The number of hydrogen-bond donors (Lipinski definition) is 2. The lowest BCUT2D eigenvalue weighted by Crippen LogP contribution is -2.49. The third kappa shape index (κ3) is 4.46. The van der Waals surface area contributed by atoms with Crippen molar-refractivity contribution in [2.24, 2.45) is 5.73 Å². The fourth-order valence-electron chi connectivity index (χ4n) is 1.80. The molecule has 0 saturated carbocycles. The average Bonchev–Trinajstić information content (AvgIpc) is 2.35. The van der Waals surface area contributed by atoms with E-state index in [0.717, 1.165) is 0 Å².